The average Bonchev–Trinajstić information content (AvgIpc) is 2.75. The van der Waals surface area contributed by atoms with E-state index in [4.69, 9.17) is 16.7 Å². The second kappa shape index (κ2) is 7.30. The van der Waals surface area contributed by atoms with E-state index in [-0.39, 0.29) is 34.3 Å². The Morgan fingerprint density at radius 1 is 1.26 bits per heavy atom. The van der Waals surface area contributed by atoms with Crippen LogP contribution in [0.3, 0.4) is 0 Å². The van der Waals surface area contributed by atoms with Gasteiger partial charge in [0.2, 0.25) is 5.91 Å². The third kappa shape index (κ3) is 3.80. The molecular weight excluding hydrogens is 378 g/mol. The fourth-order valence-corrected chi connectivity index (χ4v) is 2.76. The Morgan fingerprint density at radius 3 is 2.67 bits per heavy atom. The van der Waals surface area contributed by atoms with E-state index < -0.39 is 16.9 Å². The molecule has 1 heterocycles. The Kier molecular flexibility index (Phi) is 4.90. The molecule has 0 aliphatic carbocycles. The van der Waals surface area contributed by atoms with Crippen molar-refractivity contribution >= 4 is 52.2 Å². The first-order valence-electron chi connectivity index (χ1n) is 7.55. The topological polar surface area (TPSA) is 137 Å². The molecule has 3 rings (SSSR count). The number of anilines is 2. The quantitative estimate of drug-likeness (QED) is 0.533. The predicted molar refractivity (Wildman–Crippen MR) is 97.7 cm³/mol. The zero-order chi connectivity index (χ0) is 19.6. The van der Waals surface area contributed by atoms with E-state index in [0.29, 0.717) is 5.69 Å². The van der Waals surface area contributed by atoms with Crippen molar-refractivity contribution in [2.45, 2.75) is 6.42 Å². The fraction of sp³-hybridized carbons (Fsp3) is 0.0625. The number of carbonyl (C=O) groups excluding carboxylic acids is 1. The summed E-state index contributed by atoms with van der Waals surface area (Å²) in [5, 5.41) is 20.1. The number of non-ortho nitro benzene ring substituents is 1. The minimum atomic E-state index is -1.36. The molecule has 0 unspecified atom stereocenters. The number of amides is 2. The van der Waals surface area contributed by atoms with Gasteiger partial charge < -0.3 is 5.11 Å². The summed E-state index contributed by atoms with van der Waals surface area (Å²) in [6, 6.07) is 10.4. The number of hydrazine groups is 1. The van der Waals surface area contributed by atoms with Gasteiger partial charge in [0.1, 0.15) is 5.84 Å². The summed E-state index contributed by atoms with van der Waals surface area (Å²) >= 11 is 6.21. The molecule has 0 spiro atoms. The Bertz CT molecular complexity index is 977. The van der Waals surface area contributed by atoms with E-state index in [0.717, 1.165) is 0 Å². The Morgan fingerprint density at radius 2 is 2.00 bits per heavy atom. The number of nitrogens with one attached hydrogen (secondary N) is 2. The number of rotatable bonds is 2. The van der Waals surface area contributed by atoms with E-state index >= 15 is 0 Å². The van der Waals surface area contributed by atoms with E-state index in [2.05, 4.69) is 10.4 Å². The number of halogens is 1. The van der Waals surface area contributed by atoms with Gasteiger partial charge >= 0.3 is 6.09 Å². The van der Waals surface area contributed by atoms with Crippen molar-refractivity contribution in [1.82, 2.24) is 10.9 Å². The number of hydrogen-bond donors (Lipinski definition) is 3. The number of nitrogens with zero attached hydrogens (tertiary/aromatic N) is 3. The highest BCUT2D eigenvalue weighted by molar-refractivity contribution is 6.34. The number of benzene rings is 2. The van der Waals surface area contributed by atoms with E-state index in [1.54, 1.807) is 24.3 Å². The molecule has 0 atom stereocenters. The Hall–Kier alpha value is -3.66. The predicted octanol–water partition coefficient (Wildman–Crippen LogP) is 3.12. The summed E-state index contributed by atoms with van der Waals surface area (Å²) in [6.45, 7) is 0. The van der Waals surface area contributed by atoms with Gasteiger partial charge in [-0.15, -0.1) is 0 Å². The molecule has 2 aromatic carbocycles. The first kappa shape index (κ1) is 18.1. The van der Waals surface area contributed by atoms with Crippen molar-refractivity contribution in [2.75, 3.05) is 4.90 Å². The van der Waals surface area contributed by atoms with Gasteiger partial charge in [-0.2, -0.15) is 0 Å². The number of hydrogen-bond acceptors (Lipinski definition) is 6. The van der Waals surface area contributed by atoms with Gasteiger partial charge in [-0.25, -0.2) is 15.2 Å². The zero-order valence-electron chi connectivity index (χ0n) is 13.5. The van der Waals surface area contributed by atoms with Crippen LogP contribution in [0.25, 0.3) is 0 Å². The van der Waals surface area contributed by atoms with E-state index in [1.165, 1.54) is 23.1 Å². The van der Waals surface area contributed by atoms with Crippen molar-refractivity contribution in [3.63, 3.8) is 0 Å². The van der Waals surface area contributed by atoms with Gasteiger partial charge in [-0.1, -0.05) is 23.7 Å². The number of fused-ring (bicyclic) bond motifs is 1. The van der Waals surface area contributed by atoms with Crippen LogP contribution in [0.4, 0.5) is 27.5 Å². The third-order valence-corrected chi connectivity index (χ3v) is 3.96. The van der Waals surface area contributed by atoms with Crippen molar-refractivity contribution in [3.8, 4) is 0 Å². The Balaban J connectivity index is 2.15. The zero-order valence-corrected chi connectivity index (χ0v) is 14.3. The second-order valence-corrected chi connectivity index (χ2v) is 5.81. The summed E-state index contributed by atoms with van der Waals surface area (Å²) in [7, 11) is 0. The van der Waals surface area contributed by atoms with Crippen LogP contribution in [0.1, 0.15) is 6.42 Å². The van der Waals surface area contributed by atoms with Crippen molar-refractivity contribution in [3.05, 3.63) is 57.6 Å². The lowest BCUT2D eigenvalue weighted by Gasteiger charge is -2.23. The highest BCUT2D eigenvalue weighted by Crippen LogP contribution is 2.41. The largest absolute Gasteiger partial charge is 0.464 e. The molecule has 0 aromatic heterocycles. The maximum absolute atomic E-state index is 12.9. The standard InChI is InChI=1S/C16H12ClN5O5/c17-10-3-1-2-4-12(10)21-13-7-9(22(26)27)5-6-11(13)18-14(8-15(21)23)19-20-16(24)25/h1-7,20H,8H2,(H,18,19)(H,24,25). The van der Waals surface area contributed by atoms with Crippen LogP contribution < -0.4 is 15.8 Å². The monoisotopic (exact) mass is 389 g/mol. The van der Waals surface area contributed by atoms with E-state index in [1.807, 2.05) is 5.43 Å². The molecule has 3 N–H and O–H groups in total. The molecule has 0 saturated carbocycles. The molecule has 2 amide bonds. The number of carboxylic acid groups (broad SMARTS) is 1. The second-order valence-electron chi connectivity index (χ2n) is 5.40. The molecule has 0 saturated heterocycles. The lowest BCUT2D eigenvalue weighted by Crippen LogP contribution is -2.42. The maximum Gasteiger partial charge on any atom is 0.423 e. The van der Waals surface area contributed by atoms with Crippen LogP contribution >= 0.6 is 11.6 Å². The minimum absolute atomic E-state index is 0.0343. The van der Waals surface area contributed by atoms with Crippen LogP contribution in [-0.4, -0.2) is 27.9 Å². The maximum atomic E-state index is 12.9. The van der Waals surface area contributed by atoms with Crippen molar-refractivity contribution in [1.29, 1.82) is 0 Å². The molecule has 1 aliphatic rings. The molecule has 0 fully saturated rings. The van der Waals surface area contributed by atoms with Crippen LogP contribution in [0.5, 0.6) is 0 Å². The minimum Gasteiger partial charge on any atom is -0.464 e. The molecule has 1 aliphatic heterocycles. The molecule has 2 aromatic rings. The lowest BCUT2D eigenvalue weighted by molar-refractivity contribution is -0.384. The van der Waals surface area contributed by atoms with Gasteiger partial charge in [-0.05, 0) is 18.2 Å². The summed E-state index contributed by atoms with van der Waals surface area (Å²) in [5.74, 6) is -0.465. The first-order valence-corrected chi connectivity index (χ1v) is 7.93. The average molecular weight is 390 g/mol. The number of nitro benzene ring substituents is 1. The van der Waals surface area contributed by atoms with Gasteiger partial charge in [-0.3, -0.25) is 25.2 Å². The Labute approximate surface area is 157 Å². The molecule has 10 nitrogen and oxygen atoms in total. The number of nitro groups is 1. The van der Waals surface area contributed by atoms with Gasteiger partial charge in [0, 0.05) is 12.1 Å². The van der Waals surface area contributed by atoms with Crippen LogP contribution in [0.2, 0.25) is 5.02 Å². The summed E-state index contributed by atoms with van der Waals surface area (Å²) in [6.07, 6.45) is -1.64. The third-order valence-electron chi connectivity index (χ3n) is 3.64. The normalized spacial score (nSPS) is 13.3. The van der Waals surface area contributed by atoms with E-state index in [9.17, 15) is 19.7 Å². The molecule has 138 valence electrons. The van der Waals surface area contributed by atoms with Gasteiger partial charge in [0.15, 0.2) is 0 Å². The van der Waals surface area contributed by atoms with Crippen molar-refractivity contribution < 1.29 is 19.6 Å². The lowest BCUT2D eigenvalue weighted by atomic mass is 10.2. The highest BCUT2D eigenvalue weighted by Gasteiger charge is 2.29. The SMILES string of the molecule is O=C(O)NNC1=Nc2ccc([N+](=O)[O-])cc2N(c2ccccc2Cl)C(=O)C1. The molecular formula is C16H12ClN5O5. The van der Waals surface area contributed by atoms with Crippen LogP contribution in [-0.2, 0) is 4.79 Å². The van der Waals surface area contributed by atoms with Gasteiger partial charge in [0.05, 0.1) is 33.4 Å². The number of aliphatic imine (C=N–C) groups is 1. The van der Waals surface area contributed by atoms with Crippen LogP contribution in [0.15, 0.2) is 47.5 Å². The van der Waals surface area contributed by atoms with Gasteiger partial charge in [0.25, 0.3) is 5.69 Å². The fourth-order valence-electron chi connectivity index (χ4n) is 2.54. The number of para-hydroxylation sites is 1. The molecule has 0 radical (unpaired) electrons. The summed E-state index contributed by atoms with van der Waals surface area (Å²) in [4.78, 5) is 39.6. The molecule has 27 heavy (non-hydrogen) atoms. The smallest absolute Gasteiger partial charge is 0.423 e. The summed E-state index contributed by atoms with van der Waals surface area (Å²) in [5.41, 5.74) is 4.76. The van der Waals surface area contributed by atoms with Crippen LogP contribution in [0, 0.1) is 10.1 Å². The molecule has 0 bridgehead atoms. The number of amidine groups is 1. The number of carbonyl (C=O) groups is 2. The summed E-state index contributed by atoms with van der Waals surface area (Å²) < 4.78 is 0. The van der Waals surface area contributed by atoms with Crippen molar-refractivity contribution in [2.24, 2.45) is 4.99 Å². The molecule has 11 heteroatoms. The first-order chi connectivity index (χ1) is 12.9. The highest BCUT2D eigenvalue weighted by atomic mass is 35.5.